The van der Waals surface area contributed by atoms with Crippen molar-refractivity contribution >= 4 is 17.9 Å². The Kier molecular flexibility index (Phi) is 5.14. The van der Waals surface area contributed by atoms with E-state index in [1.807, 2.05) is 30.0 Å². The lowest BCUT2D eigenvalue weighted by molar-refractivity contribution is 0.198. The molecule has 0 unspecified atom stereocenters. The van der Waals surface area contributed by atoms with Crippen LogP contribution in [0.1, 0.15) is 32.1 Å². The zero-order chi connectivity index (χ0) is 13.6. The lowest BCUT2D eigenvalue weighted by atomic mass is 9.88. The third kappa shape index (κ3) is 4.16. The van der Waals surface area contributed by atoms with E-state index in [2.05, 4.69) is 11.6 Å². The van der Waals surface area contributed by atoms with Crippen LogP contribution < -0.4 is 10.1 Å². The summed E-state index contributed by atoms with van der Waals surface area (Å²) in [5, 5.41) is 2.91. The van der Waals surface area contributed by atoms with Crippen LogP contribution in [-0.4, -0.2) is 23.6 Å². The minimum Gasteiger partial charge on any atom is -0.410 e. The average molecular weight is 279 g/mol. The van der Waals surface area contributed by atoms with Gasteiger partial charge in [0.15, 0.2) is 0 Å². The molecule has 3 nitrogen and oxygen atoms in total. The number of thioether (sulfide) groups is 1. The van der Waals surface area contributed by atoms with Gasteiger partial charge in [0.25, 0.3) is 0 Å². The number of hydrogen-bond donors (Lipinski definition) is 1. The SMILES string of the molecule is CSC1(CNC(=O)Oc2ccccc2)CCCCC1. The summed E-state index contributed by atoms with van der Waals surface area (Å²) in [5.41, 5.74) is 0. The molecule has 1 aliphatic carbocycles. The molecule has 1 aromatic rings. The minimum atomic E-state index is -0.356. The summed E-state index contributed by atoms with van der Waals surface area (Å²) in [5.74, 6) is 0.585. The number of rotatable bonds is 4. The maximum atomic E-state index is 11.8. The third-order valence-corrected chi connectivity index (χ3v) is 5.13. The van der Waals surface area contributed by atoms with E-state index >= 15 is 0 Å². The van der Waals surface area contributed by atoms with E-state index in [1.165, 1.54) is 32.1 Å². The second kappa shape index (κ2) is 6.85. The van der Waals surface area contributed by atoms with Crippen molar-refractivity contribution in [2.45, 2.75) is 36.9 Å². The monoisotopic (exact) mass is 279 g/mol. The number of nitrogens with one attached hydrogen (secondary N) is 1. The summed E-state index contributed by atoms with van der Waals surface area (Å²) in [4.78, 5) is 11.8. The molecular weight excluding hydrogens is 258 g/mol. The highest BCUT2D eigenvalue weighted by molar-refractivity contribution is 8.00. The molecule has 0 saturated heterocycles. The van der Waals surface area contributed by atoms with Crippen LogP contribution in [0.3, 0.4) is 0 Å². The van der Waals surface area contributed by atoms with Gasteiger partial charge < -0.3 is 10.1 Å². The molecule has 0 spiro atoms. The summed E-state index contributed by atoms with van der Waals surface area (Å²) < 4.78 is 5.44. The molecule has 0 atom stereocenters. The first kappa shape index (κ1) is 14.3. The molecule has 0 heterocycles. The summed E-state index contributed by atoms with van der Waals surface area (Å²) in [6, 6.07) is 9.17. The van der Waals surface area contributed by atoms with Crippen LogP contribution in [-0.2, 0) is 0 Å². The van der Waals surface area contributed by atoms with E-state index in [4.69, 9.17) is 4.74 Å². The van der Waals surface area contributed by atoms with Gasteiger partial charge in [-0.15, -0.1) is 0 Å². The molecule has 1 saturated carbocycles. The number of hydrogen-bond acceptors (Lipinski definition) is 3. The standard InChI is InChI=1S/C15H21NO2S/c1-19-15(10-6-3-7-11-15)12-16-14(17)18-13-8-4-2-5-9-13/h2,4-5,8-9H,3,6-7,10-12H2,1H3,(H,16,17). The topological polar surface area (TPSA) is 38.3 Å². The van der Waals surface area contributed by atoms with Crippen molar-refractivity contribution in [3.8, 4) is 5.75 Å². The molecule has 1 fully saturated rings. The maximum absolute atomic E-state index is 11.8. The Morgan fingerprint density at radius 3 is 2.58 bits per heavy atom. The molecule has 0 aliphatic heterocycles. The van der Waals surface area contributed by atoms with Gasteiger partial charge in [-0.3, -0.25) is 0 Å². The highest BCUT2D eigenvalue weighted by Gasteiger charge is 2.31. The Hall–Kier alpha value is -1.16. The molecule has 1 amide bonds. The van der Waals surface area contributed by atoms with Crippen LogP contribution in [0.25, 0.3) is 0 Å². The number of amides is 1. The Morgan fingerprint density at radius 2 is 1.95 bits per heavy atom. The van der Waals surface area contributed by atoms with Crippen molar-refractivity contribution in [2.24, 2.45) is 0 Å². The van der Waals surface area contributed by atoms with Crippen molar-refractivity contribution in [1.29, 1.82) is 0 Å². The van der Waals surface area contributed by atoms with E-state index in [0.29, 0.717) is 12.3 Å². The fourth-order valence-corrected chi connectivity index (χ4v) is 3.43. The summed E-state index contributed by atoms with van der Waals surface area (Å²) in [7, 11) is 0. The van der Waals surface area contributed by atoms with Crippen molar-refractivity contribution in [3.05, 3.63) is 30.3 Å². The molecule has 2 rings (SSSR count). The predicted molar refractivity (Wildman–Crippen MR) is 79.8 cm³/mol. The normalized spacial score (nSPS) is 17.7. The van der Waals surface area contributed by atoms with Gasteiger partial charge in [0.05, 0.1) is 0 Å². The van der Waals surface area contributed by atoms with E-state index in [9.17, 15) is 4.79 Å². The Morgan fingerprint density at radius 1 is 1.26 bits per heavy atom. The van der Waals surface area contributed by atoms with Gasteiger partial charge >= 0.3 is 6.09 Å². The van der Waals surface area contributed by atoms with Crippen molar-refractivity contribution in [3.63, 3.8) is 0 Å². The number of carbonyl (C=O) groups excluding carboxylic acids is 1. The number of benzene rings is 1. The molecule has 0 aromatic heterocycles. The first-order valence-corrected chi connectivity index (χ1v) is 8.02. The molecule has 0 radical (unpaired) electrons. The first-order chi connectivity index (χ1) is 9.24. The smallest absolute Gasteiger partial charge is 0.410 e. The highest BCUT2D eigenvalue weighted by atomic mass is 32.2. The fraction of sp³-hybridized carbons (Fsp3) is 0.533. The fourth-order valence-electron chi connectivity index (χ4n) is 2.51. The molecular formula is C15H21NO2S. The van der Waals surface area contributed by atoms with Crippen LogP contribution in [0.4, 0.5) is 4.79 Å². The van der Waals surface area contributed by atoms with Gasteiger partial charge in [-0.25, -0.2) is 4.79 Å². The van der Waals surface area contributed by atoms with E-state index in [0.717, 1.165) is 0 Å². The molecule has 4 heteroatoms. The lowest BCUT2D eigenvalue weighted by Gasteiger charge is -2.35. The number of para-hydroxylation sites is 1. The first-order valence-electron chi connectivity index (χ1n) is 6.80. The Balaban J connectivity index is 1.82. The van der Waals surface area contributed by atoms with Gasteiger partial charge in [-0.1, -0.05) is 37.5 Å². The molecule has 19 heavy (non-hydrogen) atoms. The average Bonchev–Trinajstić information content (AvgIpc) is 2.47. The van der Waals surface area contributed by atoms with E-state index in [-0.39, 0.29) is 10.8 Å². The van der Waals surface area contributed by atoms with Gasteiger partial charge in [-0.2, -0.15) is 11.8 Å². The van der Waals surface area contributed by atoms with Crippen LogP contribution in [0.5, 0.6) is 5.75 Å². The molecule has 1 aromatic carbocycles. The van der Waals surface area contributed by atoms with Gasteiger partial charge in [0, 0.05) is 11.3 Å². The van der Waals surface area contributed by atoms with Crippen molar-refractivity contribution in [2.75, 3.05) is 12.8 Å². The maximum Gasteiger partial charge on any atom is 0.412 e. The van der Waals surface area contributed by atoms with Gasteiger partial charge in [0.1, 0.15) is 5.75 Å². The second-order valence-electron chi connectivity index (χ2n) is 5.00. The van der Waals surface area contributed by atoms with E-state index < -0.39 is 0 Å². The number of carbonyl (C=O) groups is 1. The molecule has 104 valence electrons. The predicted octanol–water partition coefficient (Wildman–Crippen LogP) is 3.84. The zero-order valence-electron chi connectivity index (χ0n) is 11.4. The van der Waals surface area contributed by atoms with Crippen LogP contribution in [0.15, 0.2) is 30.3 Å². The molecule has 1 N–H and O–H groups in total. The highest BCUT2D eigenvalue weighted by Crippen LogP contribution is 2.37. The molecule has 0 bridgehead atoms. The minimum absolute atomic E-state index is 0.202. The van der Waals surface area contributed by atoms with Gasteiger partial charge in [0.2, 0.25) is 0 Å². The summed E-state index contributed by atoms with van der Waals surface area (Å²) >= 11 is 1.87. The number of ether oxygens (including phenoxy) is 1. The van der Waals surface area contributed by atoms with Gasteiger partial charge in [-0.05, 0) is 31.2 Å². The van der Waals surface area contributed by atoms with Crippen LogP contribution in [0.2, 0.25) is 0 Å². The Labute approximate surface area is 119 Å². The van der Waals surface area contributed by atoms with Crippen molar-refractivity contribution < 1.29 is 9.53 Å². The lowest BCUT2D eigenvalue weighted by Crippen LogP contribution is -2.42. The third-order valence-electron chi connectivity index (χ3n) is 3.71. The zero-order valence-corrected chi connectivity index (χ0v) is 12.2. The summed E-state index contributed by atoms with van der Waals surface area (Å²) in [6.45, 7) is 0.694. The summed E-state index contributed by atoms with van der Waals surface area (Å²) in [6.07, 6.45) is 7.98. The van der Waals surface area contributed by atoms with Crippen LogP contribution >= 0.6 is 11.8 Å². The molecule has 1 aliphatic rings. The quantitative estimate of drug-likeness (QED) is 0.910. The van der Waals surface area contributed by atoms with E-state index in [1.54, 1.807) is 12.1 Å². The largest absolute Gasteiger partial charge is 0.412 e. The van der Waals surface area contributed by atoms with Crippen molar-refractivity contribution in [1.82, 2.24) is 5.32 Å². The second-order valence-corrected chi connectivity index (χ2v) is 6.28. The van der Waals surface area contributed by atoms with Crippen LogP contribution in [0, 0.1) is 0 Å². The Bertz CT molecular complexity index is 402.